The maximum absolute atomic E-state index is 12.8. The van der Waals surface area contributed by atoms with E-state index < -0.39 is 23.6 Å². The molecule has 1 heterocycles. The Bertz CT molecular complexity index is 799. The van der Waals surface area contributed by atoms with Crippen molar-refractivity contribution in [3.8, 4) is 0 Å². The van der Waals surface area contributed by atoms with Crippen LogP contribution in [-0.2, 0) is 20.9 Å². The molecule has 0 fully saturated rings. The first kappa shape index (κ1) is 17.1. The Morgan fingerprint density at radius 3 is 2.29 bits per heavy atom. The van der Waals surface area contributed by atoms with E-state index in [0.29, 0.717) is 11.4 Å². The van der Waals surface area contributed by atoms with Crippen LogP contribution in [0.3, 0.4) is 0 Å². The van der Waals surface area contributed by atoms with Gasteiger partial charge in [-0.2, -0.15) is 5.10 Å². The number of nitrogens with one attached hydrogen (secondary N) is 2. The lowest BCUT2D eigenvalue weighted by atomic mass is 10.3. The number of carbonyl (C=O) groups is 3. The van der Waals surface area contributed by atoms with Crippen molar-refractivity contribution in [1.82, 2.24) is 9.78 Å². The quantitative estimate of drug-likeness (QED) is 0.729. The summed E-state index contributed by atoms with van der Waals surface area (Å²) in [4.78, 5) is 34.6. The summed E-state index contributed by atoms with van der Waals surface area (Å²) < 4.78 is 14.0. The Morgan fingerprint density at radius 1 is 1.12 bits per heavy atom. The lowest BCUT2D eigenvalue weighted by Gasteiger charge is -2.07. The highest BCUT2D eigenvalue weighted by Gasteiger charge is 2.20. The highest BCUT2D eigenvalue weighted by atomic mass is 19.1. The van der Waals surface area contributed by atoms with Gasteiger partial charge in [-0.15, -0.1) is 0 Å². The summed E-state index contributed by atoms with van der Waals surface area (Å²) in [5.41, 5.74) is 1.34. The molecule has 126 valence electrons. The SMILES string of the molecule is Cc1nn(CC(=O)O)c(C)c1NC(=O)C(=O)Nc1ccc(F)cc1. The minimum atomic E-state index is -1.08. The second-order valence-corrected chi connectivity index (χ2v) is 5.01. The summed E-state index contributed by atoms with van der Waals surface area (Å²) in [5.74, 6) is -3.42. The predicted octanol–water partition coefficient (Wildman–Crippen LogP) is 1.30. The van der Waals surface area contributed by atoms with Gasteiger partial charge in [-0.1, -0.05) is 0 Å². The Balaban J connectivity index is 2.08. The van der Waals surface area contributed by atoms with Crippen LogP contribution in [0.1, 0.15) is 11.4 Å². The van der Waals surface area contributed by atoms with Crippen LogP contribution < -0.4 is 10.6 Å². The summed E-state index contributed by atoms with van der Waals surface area (Å²) in [6.07, 6.45) is 0. The van der Waals surface area contributed by atoms with Gasteiger partial charge in [-0.05, 0) is 38.1 Å². The maximum atomic E-state index is 12.8. The van der Waals surface area contributed by atoms with Gasteiger partial charge in [-0.3, -0.25) is 19.1 Å². The number of hydrogen-bond acceptors (Lipinski definition) is 4. The molecule has 0 aliphatic rings. The van der Waals surface area contributed by atoms with Crippen molar-refractivity contribution in [3.05, 3.63) is 41.5 Å². The fourth-order valence-corrected chi connectivity index (χ4v) is 2.05. The van der Waals surface area contributed by atoms with Gasteiger partial charge in [0.15, 0.2) is 0 Å². The Kier molecular flexibility index (Phi) is 4.93. The highest BCUT2D eigenvalue weighted by Crippen LogP contribution is 2.19. The van der Waals surface area contributed by atoms with E-state index >= 15 is 0 Å². The number of aromatic nitrogens is 2. The Labute approximate surface area is 136 Å². The van der Waals surface area contributed by atoms with E-state index in [1.54, 1.807) is 13.8 Å². The molecule has 0 aliphatic carbocycles. The summed E-state index contributed by atoms with van der Waals surface area (Å²) in [6, 6.07) is 4.94. The van der Waals surface area contributed by atoms with Gasteiger partial charge in [0, 0.05) is 5.69 Å². The topological polar surface area (TPSA) is 113 Å². The van der Waals surface area contributed by atoms with E-state index in [1.165, 1.54) is 16.8 Å². The van der Waals surface area contributed by atoms with Crippen molar-refractivity contribution < 1.29 is 23.9 Å². The molecular formula is C15H15FN4O4. The fraction of sp³-hybridized carbons (Fsp3) is 0.200. The van der Waals surface area contributed by atoms with Crippen molar-refractivity contribution in [3.63, 3.8) is 0 Å². The van der Waals surface area contributed by atoms with Crippen LogP contribution in [-0.4, -0.2) is 32.7 Å². The number of amides is 2. The van der Waals surface area contributed by atoms with Gasteiger partial charge in [0.25, 0.3) is 0 Å². The number of anilines is 2. The summed E-state index contributed by atoms with van der Waals surface area (Å²) in [5, 5.41) is 17.5. The van der Waals surface area contributed by atoms with Gasteiger partial charge >= 0.3 is 17.8 Å². The zero-order chi connectivity index (χ0) is 17.9. The number of hydrogen-bond donors (Lipinski definition) is 3. The number of carbonyl (C=O) groups excluding carboxylic acids is 2. The molecule has 0 atom stereocenters. The minimum absolute atomic E-state index is 0.270. The third-order valence-electron chi connectivity index (χ3n) is 3.21. The minimum Gasteiger partial charge on any atom is -0.480 e. The number of aryl methyl sites for hydroxylation is 1. The molecule has 1 aromatic carbocycles. The van der Waals surface area contributed by atoms with Gasteiger partial charge in [-0.25, -0.2) is 4.39 Å². The van der Waals surface area contributed by atoms with Crippen molar-refractivity contribution >= 4 is 29.2 Å². The number of carboxylic acids is 1. The highest BCUT2D eigenvalue weighted by molar-refractivity contribution is 6.43. The largest absolute Gasteiger partial charge is 0.480 e. The normalized spacial score (nSPS) is 10.3. The maximum Gasteiger partial charge on any atom is 0.325 e. The molecule has 1 aromatic heterocycles. The number of benzene rings is 1. The second kappa shape index (κ2) is 6.90. The number of rotatable bonds is 4. The Hall–Kier alpha value is -3.23. The molecule has 0 unspecified atom stereocenters. The third kappa shape index (κ3) is 3.94. The molecule has 0 bridgehead atoms. The second-order valence-electron chi connectivity index (χ2n) is 5.01. The van der Waals surface area contributed by atoms with E-state index in [-0.39, 0.29) is 17.9 Å². The molecule has 2 rings (SSSR count). The van der Waals surface area contributed by atoms with Crippen molar-refractivity contribution in [2.45, 2.75) is 20.4 Å². The molecule has 8 nitrogen and oxygen atoms in total. The smallest absolute Gasteiger partial charge is 0.325 e. The van der Waals surface area contributed by atoms with E-state index in [1.807, 2.05) is 0 Å². The van der Waals surface area contributed by atoms with Gasteiger partial charge in [0.1, 0.15) is 12.4 Å². The molecule has 0 aliphatic heterocycles. The molecule has 2 amide bonds. The summed E-state index contributed by atoms with van der Waals surface area (Å²) >= 11 is 0. The number of halogens is 1. The monoisotopic (exact) mass is 334 g/mol. The average molecular weight is 334 g/mol. The number of nitrogens with zero attached hydrogens (tertiary/aromatic N) is 2. The summed E-state index contributed by atoms with van der Waals surface area (Å²) in [7, 11) is 0. The molecule has 0 spiro atoms. The van der Waals surface area contributed by atoms with Gasteiger partial charge in [0.2, 0.25) is 0 Å². The van der Waals surface area contributed by atoms with Crippen LogP contribution >= 0.6 is 0 Å². The lowest BCUT2D eigenvalue weighted by molar-refractivity contribution is -0.137. The lowest BCUT2D eigenvalue weighted by Crippen LogP contribution is -2.29. The van der Waals surface area contributed by atoms with Crippen LogP contribution in [0.25, 0.3) is 0 Å². The molecule has 0 radical (unpaired) electrons. The van der Waals surface area contributed by atoms with E-state index in [9.17, 15) is 18.8 Å². The number of aliphatic carboxylic acids is 1. The first-order valence-corrected chi connectivity index (χ1v) is 6.91. The molecule has 0 saturated heterocycles. The average Bonchev–Trinajstić information content (AvgIpc) is 2.76. The van der Waals surface area contributed by atoms with Crippen molar-refractivity contribution in [1.29, 1.82) is 0 Å². The molecule has 9 heteroatoms. The standard InChI is InChI=1S/C15H15FN4O4/c1-8-13(9(2)20(19-8)7-12(21)22)18-15(24)14(23)17-11-5-3-10(16)4-6-11/h3-6H,7H2,1-2H3,(H,17,23)(H,18,24)(H,21,22). The zero-order valence-corrected chi connectivity index (χ0v) is 13.0. The summed E-state index contributed by atoms with van der Waals surface area (Å²) in [6.45, 7) is 2.81. The predicted molar refractivity (Wildman–Crippen MR) is 83.0 cm³/mol. The van der Waals surface area contributed by atoms with E-state index in [2.05, 4.69) is 15.7 Å². The first-order chi connectivity index (χ1) is 11.3. The van der Waals surface area contributed by atoms with Crippen molar-refractivity contribution in [2.24, 2.45) is 0 Å². The number of carboxylic acid groups (broad SMARTS) is 1. The van der Waals surface area contributed by atoms with Crippen LogP contribution in [0.2, 0.25) is 0 Å². The molecule has 2 aromatic rings. The van der Waals surface area contributed by atoms with Crippen LogP contribution in [0.4, 0.5) is 15.8 Å². The zero-order valence-electron chi connectivity index (χ0n) is 13.0. The molecular weight excluding hydrogens is 319 g/mol. The van der Waals surface area contributed by atoms with Gasteiger partial charge < -0.3 is 15.7 Å². The van der Waals surface area contributed by atoms with Crippen LogP contribution in [0, 0.1) is 19.7 Å². The molecule has 0 saturated carbocycles. The fourth-order valence-electron chi connectivity index (χ4n) is 2.05. The van der Waals surface area contributed by atoms with Crippen molar-refractivity contribution in [2.75, 3.05) is 10.6 Å². The van der Waals surface area contributed by atoms with E-state index in [0.717, 1.165) is 12.1 Å². The van der Waals surface area contributed by atoms with Crippen LogP contribution in [0.15, 0.2) is 24.3 Å². The van der Waals surface area contributed by atoms with E-state index in [4.69, 9.17) is 5.11 Å². The van der Waals surface area contributed by atoms with Gasteiger partial charge in [0.05, 0.1) is 17.1 Å². The molecule has 3 N–H and O–H groups in total. The molecule has 24 heavy (non-hydrogen) atoms. The Morgan fingerprint density at radius 2 is 1.71 bits per heavy atom. The van der Waals surface area contributed by atoms with Crippen LogP contribution in [0.5, 0.6) is 0 Å². The third-order valence-corrected chi connectivity index (χ3v) is 3.21. The first-order valence-electron chi connectivity index (χ1n) is 6.91.